The van der Waals surface area contributed by atoms with Gasteiger partial charge in [-0.2, -0.15) is 0 Å². The van der Waals surface area contributed by atoms with Gasteiger partial charge in [-0.15, -0.1) is 10.2 Å². The van der Waals surface area contributed by atoms with E-state index < -0.39 is 0 Å². The number of ketones is 1. The molecule has 6 nitrogen and oxygen atoms in total. The fourth-order valence-electron chi connectivity index (χ4n) is 2.90. The maximum Gasteiger partial charge on any atom is 0.227 e. The first-order valence-electron chi connectivity index (χ1n) is 8.34. The van der Waals surface area contributed by atoms with Gasteiger partial charge in [0.25, 0.3) is 0 Å². The molecule has 0 atom stereocenters. The van der Waals surface area contributed by atoms with Crippen LogP contribution < -0.4 is 5.32 Å². The maximum absolute atomic E-state index is 12.2. The van der Waals surface area contributed by atoms with Gasteiger partial charge in [-0.05, 0) is 25.8 Å². The Hall–Kier alpha value is -2.54. The number of fused-ring (bicyclic) bond motifs is 1. The number of nitrogens with one attached hydrogen (secondary N) is 1. The molecule has 128 valence electrons. The second-order valence-corrected chi connectivity index (χ2v) is 7.34. The molecule has 0 spiro atoms. The number of carbonyl (C=O) groups is 2. The number of benzene rings is 1. The summed E-state index contributed by atoms with van der Waals surface area (Å²) in [5.41, 5.74) is 1.65. The minimum Gasteiger partial charge on any atom is -0.346 e. The molecule has 0 radical (unpaired) electrons. The van der Waals surface area contributed by atoms with Crippen LogP contribution in [-0.4, -0.2) is 26.5 Å². The van der Waals surface area contributed by atoms with E-state index in [-0.39, 0.29) is 11.7 Å². The highest BCUT2D eigenvalue weighted by Crippen LogP contribution is 2.42. The highest BCUT2D eigenvalue weighted by Gasteiger charge is 2.27. The van der Waals surface area contributed by atoms with Crippen LogP contribution in [0.3, 0.4) is 0 Å². The number of Topliss-reactive ketones (excluding diaryl/α,β-unsaturated/α-hetero) is 1. The predicted molar refractivity (Wildman–Crippen MR) is 97.1 cm³/mol. The molecule has 0 unspecified atom stereocenters. The number of amides is 1. The lowest BCUT2D eigenvalue weighted by Gasteiger charge is -2.05. The van der Waals surface area contributed by atoms with Crippen molar-refractivity contribution in [2.45, 2.75) is 38.6 Å². The van der Waals surface area contributed by atoms with Crippen molar-refractivity contribution in [3.8, 4) is 0 Å². The van der Waals surface area contributed by atoms with E-state index in [9.17, 15) is 9.59 Å². The van der Waals surface area contributed by atoms with Crippen LogP contribution in [0.4, 0.5) is 5.13 Å². The van der Waals surface area contributed by atoms with Crippen molar-refractivity contribution < 1.29 is 9.59 Å². The largest absolute Gasteiger partial charge is 0.346 e. The SMILES string of the molecule is CC(=O)c1cn(CCC(=O)Nc2nnc(C3CC3)s2)c2ccccc12. The van der Waals surface area contributed by atoms with Crippen LogP contribution in [-0.2, 0) is 11.3 Å². The molecule has 1 amide bonds. The number of carbonyl (C=O) groups excluding carboxylic acids is 2. The third-order valence-corrected chi connectivity index (χ3v) is 5.36. The fourth-order valence-corrected chi connectivity index (χ4v) is 3.83. The normalized spacial score (nSPS) is 14.0. The number of para-hydroxylation sites is 1. The zero-order chi connectivity index (χ0) is 17.4. The topological polar surface area (TPSA) is 76.9 Å². The van der Waals surface area contributed by atoms with Gasteiger partial charge in [-0.1, -0.05) is 29.5 Å². The molecule has 1 aliphatic rings. The third kappa shape index (κ3) is 3.32. The second-order valence-electron chi connectivity index (χ2n) is 6.33. The van der Waals surface area contributed by atoms with Gasteiger partial charge in [0.15, 0.2) is 5.78 Å². The Balaban J connectivity index is 1.44. The van der Waals surface area contributed by atoms with Crippen molar-refractivity contribution in [2.75, 3.05) is 5.32 Å². The summed E-state index contributed by atoms with van der Waals surface area (Å²) in [6.07, 6.45) is 4.48. The first kappa shape index (κ1) is 16.0. The fraction of sp³-hybridized carbons (Fsp3) is 0.333. The number of hydrogen-bond acceptors (Lipinski definition) is 5. The molecule has 7 heteroatoms. The molecule has 0 bridgehead atoms. The molecule has 3 aromatic rings. The smallest absolute Gasteiger partial charge is 0.227 e. The molecule has 0 saturated heterocycles. The first-order valence-corrected chi connectivity index (χ1v) is 9.15. The van der Waals surface area contributed by atoms with Crippen molar-refractivity contribution in [3.63, 3.8) is 0 Å². The van der Waals surface area contributed by atoms with Crippen LogP contribution in [0.25, 0.3) is 10.9 Å². The Bertz CT molecular complexity index is 955. The third-order valence-electron chi connectivity index (χ3n) is 4.36. The van der Waals surface area contributed by atoms with Gasteiger partial charge >= 0.3 is 0 Å². The molecule has 1 saturated carbocycles. The summed E-state index contributed by atoms with van der Waals surface area (Å²) in [5, 5.41) is 13.5. The lowest BCUT2D eigenvalue weighted by Crippen LogP contribution is -2.14. The molecular formula is C18H18N4O2S. The molecule has 25 heavy (non-hydrogen) atoms. The van der Waals surface area contributed by atoms with Gasteiger partial charge in [0.2, 0.25) is 11.0 Å². The van der Waals surface area contributed by atoms with Crippen LogP contribution in [0.2, 0.25) is 0 Å². The van der Waals surface area contributed by atoms with E-state index in [1.165, 1.54) is 24.2 Å². The minimum absolute atomic E-state index is 0.0286. The van der Waals surface area contributed by atoms with E-state index >= 15 is 0 Å². The van der Waals surface area contributed by atoms with Crippen LogP contribution in [0.15, 0.2) is 30.5 Å². The molecule has 2 heterocycles. The molecule has 1 N–H and O–H groups in total. The average Bonchev–Trinajstić information content (AvgIpc) is 3.23. The number of anilines is 1. The highest BCUT2D eigenvalue weighted by molar-refractivity contribution is 7.15. The highest BCUT2D eigenvalue weighted by atomic mass is 32.1. The van der Waals surface area contributed by atoms with E-state index in [0.29, 0.717) is 29.6 Å². The van der Waals surface area contributed by atoms with Crippen molar-refractivity contribution >= 4 is 39.1 Å². The summed E-state index contributed by atoms with van der Waals surface area (Å²) in [4.78, 5) is 24.0. The van der Waals surface area contributed by atoms with Gasteiger partial charge in [-0.3, -0.25) is 9.59 Å². The monoisotopic (exact) mass is 354 g/mol. The number of nitrogens with zero attached hydrogens (tertiary/aromatic N) is 3. The summed E-state index contributed by atoms with van der Waals surface area (Å²) in [5.74, 6) is 0.473. The Morgan fingerprint density at radius 3 is 2.84 bits per heavy atom. The number of aryl methyl sites for hydroxylation is 1. The summed E-state index contributed by atoms with van der Waals surface area (Å²) in [7, 11) is 0. The first-order chi connectivity index (χ1) is 12.1. The van der Waals surface area contributed by atoms with E-state index in [1.807, 2.05) is 35.0 Å². The van der Waals surface area contributed by atoms with E-state index in [1.54, 1.807) is 6.92 Å². The van der Waals surface area contributed by atoms with Gasteiger partial charge in [0, 0.05) is 41.5 Å². The lowest BCUT2D eigenvalue weighted by atomic mass is 10.1. The standard InChI is InChI=1S/C18H18N4O2S/c1-11(23)14-10-22(15-5-3-2-4-13(14)15)9-8-16(24)19-18-21-20-17(25-18)12-6-7-12/h2-5,10,12H,6-9H2,1H3,(H,19,21,24). The summed E-state index contributed by atoms with van der Waals surface area (Å²) < 4.78 is 1.96. The Morgan fingerprint density at radius 2 is 2.08 bits per heavy atom. The number of aromatic nitrogens is 3. The quantitative estimate of drug-likeness (QED) is 0.686. The van der Waals surface area contributed by atoms with Gasteiger partial charge in [0.05, 0.1) is 0 Å². The Morgan fingerprint density at radius 1 is 1.28 bits per heavy atom. The zero-order valence-corrected chi connectivity index (χ0v) is 14.7. The molecule has 4 rings (SSSR count). The molecule has 1 aromatic carbocycles. The molecule has 1 fully saturated rings. The summed E-state index contributed by atoms with van der Waals surface area (Å²) in [6.45, 7) is 2.07. The van der Waals surface area contributed by atoms with Gasteiger partial charge in [0.1, 0.15) is 5.01 Å². The van der Waals surface area contributed by atoms with Crippen molar-refractivity contribution in [2.24, 2.45) is 0 Å². The van der Waals surface area contributed by atoms with Crippen molar-refractivity contribution in [3.05, 3.63) is 41.0 Å². The lowest BCUT2D eigenvalue weighted by molar-refractivity contribution is -0.116. The van der Waals surface area contributed by atoms with Crippen LogP contribution >= 0.6 is 11.3 Å². The van der Waals surface area contributed by atoms with Crippen molar-refractivity contribution in [1.82, 2.24) is 14.8 Å². The number of hydrogen-bond donors (Lipinski definition) is 1. The second kappa shape index (κ2) is 6.40. The molecular weight excluding hydrogens is 336 g/mol. The van der Waals surface area contributed by atoms with E-state index in [4.69, 9.17) is 0 Å². The Kier molecular flexibility index (Phi) is 4.09. The molecule has 2 aromatic heterocycles. The van der Waals surface area contributed by atoms with Crippen molar-refractivity contribution in [1.29, 1.82) is 0 Å². The van der Waals surface area contributed by atoms with Crippen LogP contribution in [0.5, 0.6) is 0 Å². The zero-order valence-electron chi connectivity index (χ0n) is 13.9. The molecule has 1 aliphatic carbocycles. The Labute approximate surface area is 148 Å². The van der Waals surface area contributed by atoms with E-state index in [2.05, 4.69) is 15.5 Å². The maximum atomic E-state index is 12.2. The molecule has 0 aliphatic heterocycles. The summed E-state index contributed by atoms with van der Waals surface area (Å²) >= 11 is 1.46. The number of rotatable bonds is 6. The van der Waals surface area contributed by atoms with E-state index in [0.717, 1.165) is 15.9 Å². The van der Waals surface area contributed by atoms with Crippen LogP contribution in [0.1, 0.15) is 47.5 Å². The average molecular weight is 354 g/mol. The van der Waals surface area contributed by atoms with Gasteiger partial charge in [-0.25, -0.2) is 0 Å². The van der Waals surface area contributed by atoms with Gasteiger partial charge < -0.3 is 9.88 Å². The summed E-state index contributed by atoms with van der Waals surface area (Å²) in [6, 6.07) is 7.75. The van der Waals surface area contributed by atoms with Crippen LogP contribution in [0, 0.1) is 0 Å². The minimum atomic E-state index is -0.0966. The predicted octanol–water partition coefficient (Wildman–Crippen LogP) is 3.60.